The second kappa shape index (κ2) is 87.4. The maximum Gasteiger partial charge on any atom is 0.472 e. The van der Waals surface area contributed by atoms with E-state index in [4.69, 9.17) is 37.0 Å². The van der Waals surface area contributed by atoms with Crippen LogP contribution in [-0.4, -0.2) is 96.7 Å². The van der Waals surface area contributed by atoms with Gasteiger partial charge in [0.15, 0.2) is 12.2 Å². The monoisotopic (exact) mass is 1660 g/mol. The summed E-state index contributed by atoms with van der Waals surface area (Å²) >= 11 is 0. The number of esters is 4. The van der Waals surface area contributed by atoms with Gasteiger partial charge in [-0.2, -0.15) is 0 Å². The molecule has 0 fully saturated rings. The van der Waals surface area contributed by atoms with Crippen LogP contribution >= 0.6 is 15.6 Å². The average molecular weight is 1660 g/mol. The highest BCUT2D eigenvalue weighted by Crippen LogP contribution is 2.45. The van der Waals surface area contributed by atoms with E-state index < -0.39 is 97.5 Å². The fourth-order valence-electron chi connectivity index (χ4n) is 15.0. The second-order valence-electron chi connectivity index (χ2n) is 34.4. The molecule has 0 heterocycles. The van der Waals surface area contributed by atoms with Gasteiger partial charge >= 0.3 is 39.5 Å². The SMILES string of the molecule is CCCCCCCCCCCCCCCCCCCCCCCCC(=O)OC[C@H](COP(=O)(O)OC[C@@H](O)COP(=O)(O)OC[C@@H](COC(=O)CCCCCCCCCCCC)OC(=O)CCCCCCCCCCCCCCCCCCCCCC)OC(=O)CCCCCCCCCCCCCCCCCCCCC(C)CC. The van der Waals surface area contributed by atoms with Crippen molar-refractivity contribution in [3.63, 3.8) is 0 Å². The highest BCUT2D eigenvalue weighted by atomic mass is 31.2. The Labute approximate surface area is 702 Å². The summed E-state index contributed by atoms with van der Waals surface area (Å²) in [7, 11) is -9.94. The quantitative estimate of drug-likeness (QED) is 0.0222. The average Bonchev–Trinajstić information content (AvgIpc) is 0.892. The molecule has 0 radical (unpaired) electrons. The number of aliphatic hydroxyl groups excluding tert-OH is 1. The van der Waals surface area contributed by atoms with E-state index in [-0.39, 0.29) is 25.7 Å². The van der Waals surface area contributed by atoms with Gasteiger partial charge in [0.2, 0.25) is 0 Å². The van der Waals surface area contributed by atoms with Crippen LogP contribution in [0.15, 0.2) is 0 Å². The molecule has 0 rings (SSSR count). The zero-order valence-electron chi connectivity index (χ0n) is 75.2. The van der Waals surface area contributed by atoms with E-state index in [0.29, 0.717) is 25.7 Å². The largest absolute Gasteiger partial charge is 0.472 e. The lowest BCUT2D eigenvalue weighted by Crippen LogP contribution is -2.30. The van der Waals surface area contributed by atoms with Crippen LogP contribution in [0.25, 0.3) is 0 Å². The number of carbonyl (C=O) groups is 4. The van der Waals surface area contributed by atoms with Gasteiger partial charge in [-0.1, -0.05) is 471 Å². The Morgan fingerprint density at radius 3 is 0.623 bits per heavy atom. The predicted octanol–water partition coefficient (Wildman–Crippen LogP) is 29.9. The number of hydrogen-bond acceptors (Lipinski definition) is 15. The van der Waals surface area contributed by atoms with Gasteiger partial charge in [-0.3, -0.25) is 37.3 Å². The molecule has 0 aromatic carbocycles. The van der Waals surface area contributed by atoms with Crippen molar-refractivity contribution in [3.05, 3.63) is 0 Å². The maximum atomic E-state index is 13.2. The smallest absolute Gasteiger partial charge is 0.462 e. The molecule has 0 aromatic heterocycles. The Balaban J connectivity index is 5.20. The topological polar surface area (TPSA) is 237 Å². The molecule has 19 heteroatoms. The van der Waals surface area contributed by atoms with E-state index in [1.807, 2.05) is 0 Å². The molecule has 0 aliphatic rings. The van der Waals surface area contributed by atoms with Crippen LogP contribution < -0.4 is 0 Å². The minimum Gasteiger partial charge on any atom is -0.462 e. The fourth-order valence-corrected chi connectivity index (χ4v) is 16.6. The number of phosphoric acid groups is 2. The summed E-state index contributed by atoms with van der Waals surface area (Å²) < 4.78 is 69.1. The van der Waals surface area contributed by atoms with Crippen molar-refractivity contribution >= 4 is 39.5 Å². The molecule has 6 atom stereocenters. The first-order valence-corrected chi connectivity index (χ1v) is 52.2. The van der Waals surface area contributed by atoms with E-state index in [0.717, 1.165) is 95.8 Å². The molecule has 17 nitrogen and oxygen atoms in total. The Morgan fingerprint density at radius 1 is 0.246 bits per heavy atom. The van der Waals surface area contributed by atoms with Crippen LogP contribution in [0.3, 0.4) is 0 Å². The van der Waals surface area contributed by atoms with Gasteiger partial charge in [0.25, 0.3) is 0 Å². The van der Waals surface area contributed by atoms with Crippen molar-refractivity contribution in [3.8, 4) is 0 Å². The zero-order valence-corrected chi connectivity index (χ0v) is 77.0. The molecule has 114 heavy (non-hydrogen) atoms. The van der Waals surface area contributed by atoms with E-state index in [1.165, 1.54) is 347 Å². The minimum atomic E-state index is -4.97. The molecule has 0 amide bonds. The third-order valence-corrected chi connectivity index (χ3v) is 24.8. The highest BCUT2D eigenvalue weighted by Gasteiger charge is 2.31. The van der Waals surface area contributed by atoms with Gasteiger partial charge in [-0.05, 0) is 31.6 Å². The van der Waals surface area contributed by atoms with Crippen molar-refractivity contribution in [1.29, 1.82) is 0 Å². The third kappa shape index (κ3) is 86.4. The standard InChI is InChI=1S/C95H186O17P2/c1-6-10-13-16-19-22-25-27-29-31-33-35-36-38-42-46-50-54-59-64-69-74-79-93(98)106-85-91(112-95(100)81-76-71-66-61-56-52-48-44-40-39-41-45-49-53-57-62-67-72-77-88(5)9-4)87-110-114(103,104)108-83-89(96)82-107-113(101,102)109-86-90(84-105-92(97)78-73-68-63-58-24-21-18-15-12-8-3)111-94(99)80-75-70-65-60-55-51-47-43-37-34-32-30-28-26-23-20-17-14-11-7-2/h88-91,96H,6-87H2,1-5H3,(H,101,102)(H,103,104)/t88?,89-,90+,91+/m0/s1. The van der Waals surface area contributed by atoms with E-state index in [1.54, 1.807) is 0 Å². The number of aliphatic hydroxyl groups is 1. The summed E-state index contributed by atoms with van der Waals surface area (Å²) in [6.45, 7) is 7.47. The summed E-state index contributed by atoms with van der Waals surface area (Å²) in [4.78, 5) is 73.5. The van der Waals surface area contributed by atoms with Crippen molar-refractivity contribution < 1.29 is 80.2 Å². The number of carbonyl (C=O) groups excluding carboxylic acids is 4. The number of unbranched alkanes of at least 4 members (excludes halogenated alkanes) is 66. The number of phosphoric ester groups is 2. The lowest BCUT2D eigenvalue weighted by Gasteiger charge is -2.21. The molecule has 0 spiro atoms. The molecule has 0 saturated carbocycles. The molecule has 0 aromatic rings. The molecular formula is C95H186O17P2. The molecular weight excluding hydrogens is 1470 g/mol. The van der Waals surface area contributed by atoms with Gasteiger partial charge in [-0.25, -0.2) is 9.13 Å². The van der Waals surface area contributed by atoms with Crippen LogP contribution in [0.5, 0.6) is 0 Å². The predicted molar refractivity (Wildman–Crippen MR) is 474 cm³/mol. The normalized spacial score (nSPS) is 13.9. The number of ether oxygens (including phenoxy) is 4. The summed E-state index contributed by atoms with van der Waals surface area (Å²) in [5.74, 6) is -1.22. The number of hydrogen-bond donors (Lipinski definition) is 3. The van der Waals surface area contributed by atoms with Crippen molar-refractivity contribution in [2.75, 3.05) is 39.6 Å². The van der Waals surface area contributed by atoms with Crippen LogP contribution in [0.1, 0.15) is 523 Å². The van der Waals surface area contributed by atoms with E-state index >= 15 is 0 Å². The van der Waals surface area contributed by atoms with Crippen LogP contribution in [0.2, 0.25) is 0 Å². The Hall–Kier alpha value is -1.94. The molecule has 678 valence electrons. The maximum absolute atomic E-state index is 13.2. The molecule has 3 N–H and O–H groups in total. The molecule has 0 bridgehead atoms. The van der Waals surface area contributed by atoms with Gasteiger partial charge in [0, 0.05) is 25.7 Å². The Bertz CT molecular complexity index is 2150. The molecule has 3 unspecified atom stereocenters. The summed E-state index contributed by atoms with van der Waals surface area (Å²) in [5, 5.41) is 10.7. The Kier molecular flexibility index (Phi) is 85.9. The second-order valence-corrected chi connectivity index (χ2v) is 37.3. The summed E-state index contributed by atoms with van der Waals surface area (Å²) in [6, 6.07) is 0. The molecule has 0 saturated heterocycles. The first-order chi connectivity index (χ1) is 55.6. The van der Waals surface area contributed by atoms with E-state index in [9.17, 15) is 43.2 Å². The first-order valence-electron chi connectivity index (χ1n) is 49.2. The summed E-state index contributed by atoms with van der Waals surface area (Å²) in [6.07, 6.45) is 85.0. The van der Waals surface area contributed by atoms with Crippen LogP contribution in [0, 0.1) is 5.92 Å². The fraction of sp³-hybridized carbons (Fsp3) is 0.958. The summed E-state index contributed by atoms with van der Waals surface area (Å²) in [5.41, 5.74) is 0. The Morgan fingerprint density at radius 2 is 0.421 bits per heavy atom. The van der Waals surface area contributed by atoms with Crippen molar-refractivity contribution in [2.45, 2.75) is 541 Å². The van der Waals surface area contributed by atoms with Crippen LogP contribution in [0.4, 0.5) is 0 Å². The van der Waals surface area contributed by atoms with Gasteiger partial charge in [0.1, 0.15) is 19.3 Å². The van der Waals surface area contributed by atoms with E-state index in [2.05, 4.69) is 34.6 Å². The van der Waals surface area contributed by atoms with Gasteiger partial charge in [0.05, 0.1) is 26.4 Å². The third-order valence-electron chi connectivity index (χ3n) is 22.9. The molecule has 0 aliphatic heterocycles. The lowest BCUT2D eigenvalue weighted by atomic mass is 9.99. The molecule has 0 aliphatic carbocycles. The lowest BCUT2D eigenvalue weighted by molar-refractivity contribution is -0.161. The van der Waals surface area contributed by atoms with Gasteiger partial charge < -0.3 is 33.8 Å². The van der Waals surface area contributed by atoms with Gasteiger partial charge in [-0.15, -0.1) is 0 Å². The van der Waals surface area contributed by atoms with Crippen molar-refractivity contribution in [1.82, 2.24) is 0 Å². The first kappa shape index (κ1) is 112. The van der Waals surface area contributed by atoms with Crippen LogP contribution in [-0.2, 0) is 65.4 Å². The minimum absolute atomic E-state index is 0.110. The van der Waals surface area contributed by atoms with Crippen molar-refractivity contribution in [2.24, 2.45) is 5.92 Å². The zero-order chi connectivity index (χ0) is 83.3. The highest BCUT2D eigenvalue weighted by molar-refractivity contribution is 7.47. The number of rotatable bonds is 95.